The van der Waals surface area contributed by atoms with E-state index in [0.29, 0.717) is 0 Å². The summed E-state index contributed by atoms with van der Waals surface area (Å²) in [6.45, 7) is 6.08. The Kier molecular flexibility index (Phi) is 5.23. The van der Waals surface area contributed by atoms with Gasteiger partial charge in [-0.2, -0.15) is 0 Å². The number of hydrogen-bond acceptors (Lipinski definition) is 4. The Hall–Kier alpha value is -2.40. The Morgan fingerprint density at radius 2 is 1.93 bits per heavy atom. The zero-order valence-corrected chi connectivity index (χ0v) is 18.6. The smallest absolute Gasteiger partial charge is 0.223 e. The van der Waals surface area contributed by atoms with Gasteiger partial charge in [0, 0.05) is 19.0 Å². The largest absolute Gasteiger partial charge is 0.349 e. The van der Waals surface area contributed by atoms with E-state index < -0.39 is 0 Å². The van der Waals surface area contributed by atoms with Crippen molar-refractivity contribution in [3.63, 3.8) is 0 Å². The highest BCUT2D eigenvalue weighted by molar-refractivity contribution is 7.22. The number of thiazole rings is 1. The highest BCUT2D eigenvalue weighted by atomic mass is 32.1. The maximum Gasteiger partial charge on any atom is 0.223 e. The van der Waals surface area contributed by atoms with Crippen molar-refractivity contribution in [2.45, 2.75) is 52.0 Å². The van der Waals surface area contributed by atoms with Crippen molar-refractivity contribution < 1.29 is 4.79 Å². The van der Waals surface area contributed by atoms with Crippen LogP contribution in [0.3, 0.4) is 0 Å². The van der Waals surface area contributed by atoms with Crippen LogP contribution in [0.1, 0.15) is 54.0 Å². The molecule has 1 unspecified atom stereocenters. The molecule has 5 rings (SSSR count). The van der Waals surface area contributed by atoms with E-state index in [1.807, 2.05) is 0 Å². The molecule has 0 bridgehead atoms. The molecular formula is C25H29N3OS. The van der Waals surface area contributed by atoms with Crippen LogP contribution in [-0.4, -0.2) is 24.0 Å². The molecule has 2 heterocycles. The van der Waals surface area contributed by atoms with E-state index in [0.717, 1.165) is 55.8 Å². The normalized spacial score (nSPS) is 19.7. The fourth-order valence-corrected chi connectivity index (χ4v) is 6.21. The van der Waals surface area contributed by atoms with E-state index in [4.69, 9.17) is 4.98 Å². The third-order valence-electron chi connectivity index (χ3n) is 6.64. The number of fused-ring (bicyclic) bond motifs is 2. The quantitative estimate of drug-likeness (QED) is 0.625. The van der Waals surface area contributed by atoms with Gasteiger partial charge in [-0.1, -0.05) is 41.7 Å². The second-order valence-corrected chi connectivity index (χ2v) is 9.85. The Bertz CT molecular complexity index is 1080. The predicted molar refractivity (Wildman–Crippen MR) is 124 cm³/mol. The molecular weight excluding hydrogens is 390 g/mol. The van der Waals surface area contributed by atoms with Gasteiger partial charge in [-0.15, -0.1) is 0 Å². The summed E-state index contributed by atoms with van der Waals surface area (Å²) in [6, 6.07) is 13.2. The summed E-state index contributed by atoms with van der Waals surface area (Å²) in [5, 5.41) is 4.46. The van der Waals surface area contributed by atoms with Crippen LogP contribution in [0, 0.1) is 19.8 Å². The summed E-state index contributed by atoms with van der Waals surface area (Å²) < 4.78 is 1.26. The highest BCUT2D eigenvalue weighted by Gasteiger charge is 2.29. The molecule has 0 saturated carbocycles. The lowest BCUT2D eigenvalue weighted by Gasteiger charge is -2.33. The third kappa shape index (κ3) is 3.71. The van der Waals surface area contributed by atoms with Crippen molar-refractivity contribution in [3.8, 4) is 0 Å². The van der Waals surface area contributed by atoms with Crippen LogP contribution >= 0.6 is 11.3 Å². The lowest BCUT2D eigenvalue weighted by atomic mass is 9.87. The number of nitrogens with one attached hydrogen (secondary N) is 1. The summed E-state index contributed by atoms with van der Waals surface area (Å²) in [6.07, 6.45) is 5.12. The van der Waals surface area contributed by atoms with Crippen LogP contribution in [0.25, 0.3) is 10.2 Å². The number of hydrogen-bond donors (Lipinski definition) is 1. The first-order valence-electron chi connectivity index (χ1n) is 11.1. The lowest BCUT2D eigenvalue weighted by Crippen LogP contribution is -2.42. The summed E-state index contributed by atoms with van der Waals surface area (Å²) in [5.41, 5.74) is 6.36. The standard InChI is InChI=1S/C25H29N3OS/c1-16-14-17(2)23-22(15-16)30-25(27-23)28-12-10-19(11-13-28)24(29)26-21-9-5-7-18-6-3-4-8-20(18)21/h3-4,6,8,14-15,19,21H,5,7,9-13H2,1-2H3,(H,26,29). The SMILES string of the molecule is Cc1cc(C)c2nc(N3CCC(C(=O)NC4CCCc5ccccc54)CC3)sc2c1. The molecule has 1 aliphatic carbocycles. The third-order valence-corrected chi connectivity index (χ3v) is 7.70. The second kappa shape index (κ2) is 8.03. The summed E-state index contributed by atoms with van der Waals surface area (Å²) in [7, 11) is 0. The van der Waals surface area contributed by atoms with Crippen molar-refractivity contribution >= 4 is 32.6 Å². The van der Waals surface area contributed by atoms with Crippen molar-refractivity contribution in [3.05, 3.63) is 58.7 Å². The highest BCUT2D eigenvalue weighted by Crippen LogP contribution is 2.34. The molecule has 30 heavy (non-hydrogen) atoms. The molecule has 1 saturated heterocycles. The average Bonchev–Trinajstić information content (AvgIpc) is 3.18. The van der Waals surface area contributed by atoms with Crippen LogP contribution in [0.5, 0.6) is 0 Å². The molecule has 3 aromatic rings. The van der Waals surface area contributed by atoms with Gasteiger partial charge in [0.1, 0.15) is 0 Å². The molecule has 2 aromatic carbocycles. The Morgan fingerprint density at radius 1 is 1.13 bits per heavy atom. The van der Waals surface area contributed by atoms with Gasteiger partial charge in [0.05, 0.1) is 16.3 Å². The van der Waals surface area contributed by atoms with Gasteiger partial charge in [0.15, 0.2) is 5.13 Å². The number of anilines is 1. The average molecular weight is 420 g/mol. The molecule has 1 amide bonds. The minimum absolute atomic E-state index is 0.105. The van der Waals surface area contributed by atoms with Gasteiger partial charge in [-0.3, -0.25) is 4.79 Å². The first-order valence-corrected chi connectivity index (χ1v) is 11.9. The number of rotatable bonds is 3. The molecule has 156 valence electrons. The lowest BCUT2D eigenvalue weighted by molar-refractivity contribution is -0.126. The molecule has 1 aromatic heterocycles. The maximum absolute atomic E-state index is 13.0. The van der Waals surface area contributed by atoms with Crippen LogP contribution in [0.15, 0.2) is 36.4 Å². The number of nitrogens with zero attached hydrogens (tertiary/aromatic N) is 2. The first kappa shape index (κ1) is 19.6. The van der Waals surface area contributed by atoms with E-state index in [2.05, 4.69) is 60.5 Å². The van der Waals surface area contributed by atoms with E-state index in [9.17, 15) is 4.79 Å². The summed E-state index contributed by atoms with van der Waals surface area (Å²) in [4.78, 5) is 20.3. The number of amides is 1. The van der Waals surface area contributed by atoms with E-state index in [-0.39, 0.29) is 17.9 Å². The van der Waals surface area contributed by atoms with Gasteiger partial charge >= 0.3 is 0 Å². The Balaban J connectivity index is 1.23. The number of benzene rings is 2. The van der Waals surface area contributed by atoms with Crippen molar-refractivity contribution in [1.82, 2.24) is 10.3 Å². The van der Waals surface area contributed by atoms with Gasteiger partial charge in [0.2, 0.25) is 5.91 Å². The van der Waals surface area contributed by atoms with Gasteiger partial charge in [-0.05, 0) is 74.3 Å². The molecule has 1 N–H and O–H groups in total. The predicted octanol–water partition coefficient (Wildman–Crippen LogP) is 5.32. The summed E-state index contributed by atoms with van der Waals surface area (Å²) >= 11 is 1.78. The topological polar surface area (TPSA) is 45.2 Å². The van der Waals surface area contributed by atoms with Crippen molar-refractivity contribution in [2.24, 2.45) is 5.92 Å². The number of aromatic nitrogens is 1. The van der Waals surface area contributed by atoms with Gasteiger partial charge in [-0.25, -0.2) is 4.98 Å². The first-order chi connectivity index (χ1) is 14.6. The van der Waals surface area contributed by atoms with Crippen LogP contribution in [0.4, 0.5) is 5.13 Å². The van der Waals surface area contributed by atoms with Gasteiger partial charge in [0.25, 0.3) is 0 Å². The number of piperidine rings is 1. The molecule has 2 aliphatic rings. The monoisotopic (exact) mass is 419 g/mol. The minimum atomic E-state index is 0.105. The van der Waals surface area contributed by atoms with Gasteiger partial charge < -0.3 is 10.2 Å². The van der Waals surface area contributed by atoms with E-state index in [1.165, 1.54) is 27.0 Å². The van der Waals surface area contributed by atoms with E-state index in [1.54, 1.807) is 11.3 Å². The summed E-state index contributed by atoms with van der Waals surface area (Å²) in [5.74, 6) is 0.334. The maximum atomic E-state index is 13.0. The van der Waals surface area contributed by atoms with Crippen LogP contribution in [0.2, 0.25) is 0 Å². The van der Waals surface area contributed by atoms with Crippen LogP contribution in [-0.2, 0) is 11.2 Å². The molecule has 5 heteroatoms. The fraction of sp³-hybridized carbons (Fsp3) is 0.440. The molecule has 0 spiro atoms. The van der Waals surface area contributed by atoms with Crippen LogP contribution < -0.4 is 10.2 Å². The minimum Gasteiger partial charge on any atom is -0.349 e. The zero-order chi connectivity index (χ0) is 20.7. The molecule has 0 radical (unpaired) electrons. The van der Waals surface area contributed by atoms with Crippen molar-refractivity contribution in [1.29, 1.82) is 0 Å². The Labute approximate surface area is 182 Å². The molecule has 4 nitrogen and oxygen atoms in total. The second-order valence-electron chi connectivity index (χ2n) is 8.84. The zero-order valence-electron chi connectivity index (χ0n) is 17.8. The number of aryl methyl sites for hydroxylation is 3. The molecule has 1 fully saturated rings. The Morgan fingerprint density at radius 3 is 2.77 bits per heavy atom. The molecule has 1 atom stereocenters. The van der Waals surface area contributed by atoms with E-state index >= 15 is 0 Å². The van der Waals surface area contributed by atoms with Crippen molar-refractivity contribution in [2.75, 3.05) is 18.0 Å². The number of carbonyl (C=O) groups is 1. The molecule has 1 aliphatic heterocycles. The number of carbonyl (C=O) groups excluding carboxylic acids is 1. The fourth-order valence-electron chi connectivity index (χ4n) is 5.02.